The van der Waals surface area contributed by atoms with Gasteiger partial charge in [0.15, 0.2) is 0 Å². The zero-order chi connectivity index (χ0) is 9.22. The summed E-state index contributed by atoms with van der Waals surface area (Å²) in [6.07, 6.45) is 1.87. The second kappa shape index (κ2) is 2.25. The maximum atomic E-state index is 13.4. The summed E-state index contributed by atoms with van der Waals surface area (Å²) in [6.45, 7) is 0.620. The SMILES string of the molecule is NCC1C2CC[C@@H]3C2[C@H]1CC3(F)F. The predicted molar refractivity (Wildman–Crippen MR) is 45.3 cm³/mol. The van der Waals surface area contributed by atoms with Crippen LogP contribution in [-0.4, -0.2) is 12.5 Å². The van der Waals surface area contributed by atoms with Gasteiger partial charge in [0, 0.05) is 12.3 Å². The molecule has 2 N–H and O–H groups in total. The number of hydrogen-bond donors (Lipinski definition) is 1. The van der Waals surface area contributed by atoms with E-state index in [1.165, 1.54) is 0 Å². The molecule has 1 nitrogen and oxygen atoms in total. The number of nitrogens with two attached hydrogens (primary N) is 1. The van der Waals surface area contributed by atoms with Gasteiger partial charge in [-0.2, -0.15) is 0 Å². The highest BCUT2D eigenvalue weighted by Gasteiger charge is 2.68. The molecular formula is C10H15F2N. The van der Waals surface area contributed by atoms with E-state index < -0.39 is 5.92 Å². The molecule has 0 aromatic carbocycles. The highest BCUT2D eigenvalue weighted by atomic mass is 19.3. The van der Waals surface area contributed by atoms with Crippen molar-refractivity contribution in [3.05, 3.63) is 0 Å². The molecule has 0 aromatic rings. The lowest BCUT2D eigenvalue weighted by molar-refractivity contribution is -0.0407. The molecule has 0 bridgehead atoms. The Hall–Kier alpha value is -0.180. The second-order valence-corrected chi connectivity index (χ2v) is 4.95. The first kappa shape index (κ1) is 8.16. The van der Waals surface area contributed by atoms with Crippen LogP contribution in [0.2, 0.25) is 0 Å². The molecule has 74 valence electrons. The third-order valence-electron chi connectivity index (χ3n) is 4.69. The fourth-order valence-corrected chi connectivity index (χ4v) is 4.22. The normalized spacial score (nSPS) is 56.1. The topological polar surface area (TPSA) is 26.0 Å². The van der Waals surface area contributed by atoms with Gasteiger partial charge in [-0.1, -0.05) is 0 Å². The molecule has 5 atom stereocenters. The molecule has 3 unspecified atom stereocenters. The minimum Gasteiger partial charge on any atom is -0.330 e. The van der Waals surface area contributed by atoms with E-state index in [1.54, 1.807) is 0 Å². The van der Waals surface area contributed by atoms with Crippen LogP contribution in [0.5, 0.6) is 0 Å². The van der Waals surface area contributed by atoms with Gasteiger partial charge in [-0.3, -0.25) is 0 Å². The van der Waals surface area contributed by atoms with Crippen LogP contribution in [0.25, 0.3) is 0 Å². The van der Waals surface area contributed by atoms with Crippen LogP contribution in [0, 0.1) is 29.6 Å². The van der Waals surface area contributed by atoms with Crippen molar-refractivity contribution in [3.8, 4) is 0 Å². The third-order valence-corrected chi connectivity index (χ3v) is 4.69. The molecule has 3 rings (SSSR count). The number of hydrogen-bond acceptors (Lipinski definition) is 1. The summed E-state index contributed by atoms with van der Waals surface area (Å²) in [5.41, 5.74) is 5.62. The van der Waals surface area contributed by atoms with Crippen molar-refractivity contribution in [2.45, 2.75) is 25.2 Å². The summed E-state index contributed by atoms with van der Waals surface area (Å²) in [5, 5.41) is 0. The minimum absolute atomic E-state index is 0.126. The minimum atomic E-state index is -2.37. The van der Waals surface area contributed by atoms with Crippen molar-refractivity contribution < 1.29 is 8.78 Å². The van der Waals surface area contributed by atoms with Gasteiger partial charge in [-0.15, -0.1) is 0 Å². The van der Waals surface area contributed by atoms with E-state index in [4.69, 9.17) is 5.73 Å². The van der Waals surface area contributed by atoms with Gasteiger partial charge in [0.05, 0.1) is 0 Å². The molecule has 0 spiro atoms. The summed E-state index contributed by atoms with van der Waals surface area (Å²) in [4.78, 5) is 0. The molecule has 3 saturated carbocycles. The molecule has 0 saturated heterocycles. The van der Waals surface area contributed by atoms with Gasteiger partial charge in [-0.05, 0) is 43.1 Å². The van der Waals surface area contributed by atoms with Crippen molar-refractivity contribution in [1.82, 2.24) is 0 Å². The van der Waals surface area contributed by atoms with Crippen LogP contribution >= 0.6 is 0 Å². The summed E-state index contributed by atoms with van der Waals surface area (Å²) in [5.74, 6) is -1.09. The van der Waals surface area contributed by atoms with E-state index in [0.29, 0.717) is 24.3 Å². The predicted octanol–water partition coefficient (Wildman–Crippen LogP) is 1.87. The fraction of sp³-hybridized carbons (Fsp3) is 1.00. The Morgan fingerprint density at radius 2 is 2.00 bits per heavy atom. The van der Waals surface area contributed by atoms with E-state index in [9.17, 15) is 8.78 Å². The van der Waals surface area contributed by atoms with Crippen molar-refractivity contribution >= 4 is 0 Å². The Morgan fingerprint density at radius 1 is 1.23 bits per heavy atom. The van der Waals surface area contributed by atoms with E-state index in [1.807, 2.05) is 0 Å². The van der Waals surface area contributed by atoms with E-state index in [-0.39, 0.29) is 18.3 Å². The van der Waals surface area contributed by atoms with Crippen molar-refractivity contribution in [2.24, 2.45) is 35.3 Å². The molecule has 3 heteroatoms. The average Bonchev–Trinajstić information content (AvgIpc) is 2.50. The fourth-order valence-electron chi connectivity index (χ4n) is 4.22. The van der Waals surface area contributed by atoms with Crippen LogP contribution in [0.1, 0.15) is 19.3 Å². The standard InChI is InChI=1S/C10H15F2N/c11-10(12)3-6-7(4-13)5-1-2-8(10)9(5)6/h5-9H,1-4,13H2/t5?,6-,7?,8+,9?/m0/s1. The molecule has 0 heterocycles. The number of alkyl halides is 2. The first-order valence-corrected chi connectivity index (χ1v) is 5.23. The Balaban J connectivity index is 1.90. The van der Waals surface area contributed by atoms with Crippen LogP contribution in [0.3, 0.4) is 0 Å². The summed E-state index contributed by atoms with van der Waals surface area (Å²) in [6, 6.07) is 0. The van der Waals surface area contributed by atoms with Crippen molar-refractivity contribution in [2.75, 3.05) is 6.54 Å². The quantitative estimate of drug-likeness (QED) is 0.666. The summed E-state index contributed by atoms with van der Waals surface area (Å²) in [7, 11) is 0. The van der Waals surface area contributed by atoms with Gasteiger partial charge in [0.25, 0.3) is 5.92 Å². The summed E-state index contributed by atoms with van der Waals surface area (Å²) < 4.78 is 26.9. The molecule has 0 amide bonds. The summed E-state index contributed by atoms with van der Waals surface area (Å²) >= 11 is 0. The maximum absolute atomic E-state index is 13.4. The highest BCUT2D eigenvalue weighted by Crippen LogP contribution is 2.68. The van der Waals surface area contributed by atoms with Crippen molar-refractivity contribution in [1.29, 1.82) is 0 Å². The lowest BCUT2D eigenvalue weighted by Crippen LogP contribution is -2.46. The van der Waals surface area contributed by atoms with Crippen LogP contribution < -0.4 is 5.73 Å². The number of halogens is 2. The van der Waals surface area contributed by atoms with Gasteiger partial charge >= 0.3 is 0 Å². The largest absolute Gasteiger partial charge is 0.330 e. The molecule has 3 aliphatic carbocycles. The van der Waals surface area contributed by atoms with Gasteiger partial charge in [-0.25, -0.2) is 8.78 Å². The Kier molecular flexibility index (Phi) is 1.41. The Labute approximate surface area is 76.7 Å². The molecule has 13 heavy (non-hydrogen) atoms. The first-order valence-electron chi connectivity index (χ1n) is 5.23. The Morgan fingerprint density at radius 3 is 2.69 bits per heavy atom. The van der Waals surface area contributed by atoms with Crippen molar-refractivity contribution in [3.63, 3.8) is 0 Å². The average molecular weight is 187 g/mol. The molecular weight excluding hydrogens is 172 g/mol. The lowest BCUT2D eigenvalue weighted by Gasteiger charge is -2.46. The lowest BCUT2D eigenvalue weighted by atomic mass is 9.59. The first-order chi connectivity index (χ1) is 6.15. The zero-order valence-corrected chi connectivity index (χ0v) is 7.55. The van der Waals surface area contributed by atoms with Crippen LogP contribution in [0.15, 0.2) is 0 Å². The van der Waals surface area contributed by atoms with Crippen LogP contribution in [0.4, 0.5) is 8.78 Å². The van der Waals surface area contributed by atoms with Gasteiger partial charge in [0.2, 0.25) is 0 Å². The maximum Gasteiger partial charge on any atom is 0.251 e. The molecule has 0 aliphatic heterocycles. The smallest absolute Gasteiger partial charge is 0.251 e. The molecule has 3 fully saturated rings. The monoisotopic (exact) mass is 187 g/mol. The Bertz CT molecular complexity index is 241. The molecule has 0 radical (unpaired) electrons. The van der Waals surface area contributed by atoms with E-state index in [0.717, 1.165) is 12.8 Å². The highest BCUT2D eigenvalue weighted by molar-refractivity contribution is 5.13. The van der Waals surface area contributed by atoms with E-state index in [2.05, 4.69) is 0 Å². The van der Waals surface area contributed by atoms with E-state index >= 15 is 0 Å². The third kappa shape index (κ3) is 0.797. The van der Waals surface area contributed by atoms with Gasteiger partial charge in [0.1, 0.15) is 0 Å². The van der Waals surface area contributed by atoms with Gasteiger partial charge < -0.3 is 5.73 Å². The molecule has 3 aliphatic rings. The van der Waals surface area contributed by atoms with Crippen LogP contribution in [-0.2, 0) is 0 Å². The number of rotatable bonds is 1. The molecule has 0 aromatic heterocycles. The zero-order valence-electron chi connectivity index (χ0n) is 7.55. The second-order valence-electron chi connectivity index (χ2n) is 4.95.